The average molecular weight is 385 g/mol. The van der Waals surface area contributed by atoms with Gasteiger partial charge in [-0.15, -0.1) is 0 Å². The van der Waals surface area contributed by atoms with Crippen molar-refractivity contribution in [2.24, 2.45) is 5.16 Å². The van der Waals surface area contributed by atoms with Crippen molar-refractivity contribution in [2.45, 2.75) is 6.61 Å². The van der Waals surface area contributed by atoms with Crippen LogP contribution >= 0.6 is 0 Å². The number of para-hydroxylation sites is 1. The van der Waals surface area contributed by atoms with Crippen molar-refractivity contribution in [2.75, 3.05) is 7.11 Å². The van der Waals surface area contributed by atoms with E-state index in [2.05, 4.69) is 5.16 Å². The third-order valence-electron chi connectivity index (χ3n) is 4.50. The molecule has 1 aliphatic heterocycles. The fourth-order valence-corrected chi connectivity index (χ4v) is 3.06. The predicted molar refractivity (Wildman–Crippen MR) is 111 cm³/mol. The first-order valence-corrected chi connectivity index (χ1v) is 9.17. The summed E-state index contributed by atoms with van der Waals surface area (Å²) < 4.78 is 11.5. The summed E-state index contributed by atoms with van der Waals surface area (Å²) in [5, 5.41) is 3.96. The largest absolute Gasteiger partial charge is 0.493 e. The van der Waals surface area contributed by atoms with Crippen LogP contribution in [0.2, 0.25) is 0 Å². The summed E-state index contributed by atoms with van der Waals surface area (Å²) in [7, 11) is 1.59. The molecule has 0 fully saturated rings. The van der Waals surface area contributed by atoms with Crippen molar-refractivity contribution in [1.29, 1.82) is 0 Å². The Morgan fingerprint density at radius 1 is 0.931 bits per heavy atom. The highest BCUT2D eigenvalue weighted by Crippen LogP contribution is 2.34. The first-order valence-electron chi connectivity index (χ1n) is 9.17. The molecule has 3 aromatic carbocycles. The van der Waals surface area contributed by atoms with Gasteiger partial charge in [-0.1, -0.05) is 78.0 Å². The van der Waals surface area contributed by atoms with E-state index in [-0.39, 0.29) is 0 Å². The van der Waals surface area contributed by atoms with Gasteiger partial charge in [-0.2, -0.15) is 0 Å². The Morgan fingerprint density at radius 2 is 1.66 bits per heavy atom. The standard InChI is InChI=1S/C24H19NO4/c1-27-21-14-8-13-19(23(21)28-16-17-9-4-2-5-10-17)15-20-22(25-29-24(20)26)18-11-6-3-7-12-18/h2-15H,16H2,1H3/b20-15-. The van der Waals surface area contributed by atoms with E-state index in [1.54, 1.807) is 13.2 Å². The fraction of sp³-hybridized carbons (Fsp3) is 0.0833. The molecule has 29 heavy (non-hydrogen) atoms. The van der Waals surface area contributed by atoms with Crippen LogP contribution in [0.3, 0.4) is 0 Å². The number of hydrogen-bond acceptors (Lipinski definition) is 5. The van der Waals surface area contributed by atoms with Gasteiger partial charge in [0.25, 0.3) is 0 Å². The molecule has 0 atom stereocenters. The highest BCUT2D eigenvalue weighted by molar-refractivity contribution is 6.31. The fourth-order valence-electron chi connectivity index (χ4n) is 3.06. The summed E-state index contributed by atoms with van der Waals surface area (Å²) in [4.78, 5) is 17.3. The number of carbonyl (C=O) groups excluding carboxylic acids is 1. The Bertz CT molecular complexity index is 1070. The Kier molecular flexibility index (Phi) is 5.38. The van der Waals surface area contributed by atoms with Gasteiger partial charge >= 0.3 is 5.97 Å². The lowest BCUT2D eigenvalue weighted by Crippen LogP contribution is -2.07. The van der Waals surface area contributed by atoms with Gasteiger partial charge < -0.3 is 14.3 Å². The van der Waals surface area contributed by atoms with Crippen LogP contribution in [0.25, 0.3) is 6.08 Å². The molecule has 1 heterocycles. The third-order valence-corrected chi connectivity index (χ3v) is 4.50. The summed E-state index contributed by atoms with van der Waals surface area (Å²) in [5.74, 6) is 0.638. The molecule has 0 spiro atoms. The highest BCUT2D eigenvalue weighted by atomic mass is 16.7. The zero-order valence-corrected chi connectivity index (χ0v) is 15.9. The number of ether oxygens (including phenoxy) is 2. The van der Waals surface area contributed by atoms with Crippen molar-refractivity contribution in [3.63, 3.8) is 0 Å². The molecule has 3 aromatic rings. The summed E-state index contributed by atoms with van der Waals surface area (Å²) in [5.41, 5.74) is 3.40. The molecule has 1 aliphatic rings. The van der Waals surface area contributed by atoms with Crippen molar-refractivity contribution in [3.05, 3.63) is 101 Å². The molecule has 0 unspecified atom stereocenters. The Labute approximate surface area is 168 Å². The SMILES string of the molecule is COc1cccc(/C=C2\C(=O)ON=C2c2ccccc2)c1OCc1ccccc1. The quantitative estimate of drug-likeness (QED) is 0.459. The van der Waals surface area contributed by atoms with E-state index in [1.165, 1.54) is 0 Å². The maximum Gasteiger partial charge on any atom is 0.368 e. The molecule has 0 saturated heterocycles. The topological polar surface area (TPSA) is 57.1 Å². The van der Waals surface area contributed by atoms with Gasteiger partial charge in [-0.25, -0.2) is 4.79 Å². The number of oxime groups is 1. The first kappa shape index (κ1) is 18.5. The van der Waals surface area contributed by atoms with Gasteiger partial charge in [-0.05, 0) is 17.7 Å². The van der Waals surface area contributed by atoms with Crippen LogP contribution in [0.5, 0.6) is 11.5 Å². The number of methoxy groups -OCH3 is 1. The second-order valence-corrected chi connectivity index (χ2v) is 6.40. The molecule has 0 aromatic heterocycles. The Morgan fingerprint density at radius 3 is 2.38 bits per heavy atom. The molecule has 4 rings (SSSR count). The lowest BCUT2D eigenvalue weighted by Gasteiger charge is -2.14. The highest BCUT2D eigenvalue weighted by Gasteiger charge is 2.27. The number of rotatable bonds is 6. The summed E-state index contributed by atoms with van der Waals surface area (Å²) >= 11 is 0. The number of hydrogen-bond donors (Lipinski definition) is 0. The van der Waals surface area contributed by atoms with E-state index in [1.807, 2.05) is 78.9 Å². The van der Waals surface area contributed by atoms with E-state index in [9.17, 15) is 4.79 Å². The average Bonchev–Trinajstić information content (AvgIpc) is 3.14. The summed E-state index contributed by atoms with van der Waals surface area (Å²) in [6.45, 7) is 0.376. The smallest absolute Gasteiger partial charge is 0.368 e. The van der Waals surface area contributed by atoms with Gasteiger partial charge in [0.1, 0.15) is 12.3 Å². The Balaban J connectivity index is 1.70. The number of benzene rings is 3. The van der Waals surface area contributed by atoms with E-state index in [4.69, 9.17) is 14.3 Å². The van der Waals surface area contributed by atoms with Crippen molar-refractivity contribution < 1.29 is 19.1 Å². The second kappa shape index (κ2) is 8.44. The molecule has 0 bridgehead atoms. The molecule has 0 amide bonds. The number of nitrogens with zero attached hydrogens (tertiary/aromatic N) is 1. The van der Waals surface area contributed by atoms with Crippen LogP contribution in [0, 0.1) is 0 Å². The molecule has 0 saturated carbocycles. The van der Waals surface area contributed by atoms with Gasteiger partial charge in [0.15, 0.2) is 11.5 Å². The van der Waals surface area contributed by atoms with E-state index in [0.717, 1.165) is 11.1 Å². The maximum absolute atomic E-state index is 12.3. The molecule has 0 radical (unpaired) electrons. The molecule has 5 nitrogen and oxygen atoms in total. The van der Waals surface area contributed by atoms with Gasteiger partial charge in [0.05, 0.1) is 12.7 Å². The molecule has 144 valence electrons. The van der Waals surface area contributed by atoms with E-state index in [0.29, 0.717) is 35.0 Å². The molecular weight excluding hydrogens is 366 g/mol. The van der Waals surface area contributed by atoms with Gasteiger partial charge in [0.2, 0.25) is 0 Å². The van der Waals surface area contributed by atoms with Crippen molar-refractivity contribution in [3.8, 4) is 11.5 Å². The summed E-state index contributed by atoms with van der Waals surface area (Å²) in [6.07, 6.45) is 1.73. The van der Waals surface area contributed by atoms with Crippen LogP contribution in [0.15, 0.2) is 89.6 Å². The van der Waals surface area contributed by atoms with Crippen molar-refractivity contribution in [1.82, 2.24) is 0 Å². The van der Waals surface area contributed by atoms with Gasteiger partial charge in [-0.3, -0.25) is 0 Å². The van der Waals surface area contributed by atoms with E-state index >= 15 is 0 Å². The maximum atomic E-state index is 12.3. The number of carbonyl (C=O) groups is 1. The minimum absolute atomic E-state index is 0.369. The zero-order valence-electron chi connectivity index (χ0n) is 15.9. The van der Waals surface area contributed by atoms with Crippen LogP contribution in [0.4, 0.5) is 0 Å². The van der Waals surface area contributed by atoms with Gasteiger partial charge in [0, 0.05) is 11.1 Å². The molecule has 0 aliphatic carbocycles. The first-order chi connectivity index (χ1) is 14.3. The minimum atomic E-state index is -0.499. The molecular formula is C24H19NO4. The normalized spacial score (nSPS) is 14.4. The van der Waals surface area contributed by atoms with Crippen LogP contribution in [-0.4, -0.2) is 18.8 Å². The predicted octanol–water partition coefficient (Wildman–Crippen LogP) is 4.62. The molecule has 0 N–H and O–H groups in total. The zero-order chi connectivity index (χ0) is 20.1. The van der Waals surface area contributed by atoms with Crippen LogP contribution in [0.1, 0.15) is 16.7 Å². The van der Waals surface area contributed by atoms with Crippen molar-refractivity contribution >= 4 is 17.8 Å². The van der Waals surface area contributed by atoms with E-state index < -0.39 is 5.97 Å². The Hall–Kier alpha value is -3.86. The summed E-state index contributed by atoms with van der Waals surface area (Å²) in [6, 6.07) is 24.8. The lowest BCUT2D eigenvalue weighted by atomic mass is 10.0. The minimum Gasteiger partial charge on any atom is -0.493 e. The lowest BCUT2D eigenvalue weighted by molar-refractivity contribution is -0.136. The third kappa shape index (κ3) is 4.04. The van der Waals surface area contributed by atoms with Crippen LogP contribution < -0.4 is 9.47 Å². The van der Waals surface area contributed by atoms with Crippen LogP contribution in [-0.2, 0) is 16.2 Å². The monoisotopic (exact) mass is 385 g/mol. The second-order valence-electron chi connectivity index (χ2n) is 6.40. The molecule has 5 heteroatoms.